The van der Waals surface area contributed by atoms with Crippen molar-refractivity contribution in [1.29, 1.82) is 0 Å². The summed E-state index contributed by atoms with van der Waals surface area (Å²) in [4.78, 5) is 22.1. The molecule has 1 aromatic carbocycles. The molecule has 0 aliphatic rings. The number of carbonyl (C=O) groups excluding carboxylic acids is 1. The zero-order valence-corrected chi connectivity index (χ0v) is 10.8. The van der Waals surface area contributed by atoms with Gasteiger partial charge in [-0.05, 0) is 25.5 Å². The summed E-state index contributed by atoms with van der Waals surface area (Å²) in [5, 5.41) is 13.4. The average Bonchev–Trinajstić information content (AvgIpc) is 2.32. The number of benzene rings is 1. The molecule has 0 saturated carbocycles. The Balaban J connectivity index is 3.02. The first-order valence-corrected chi connectivity index (χ1v) is 5.62. The molecule has 6 heteroatoms. The van der Waals surface area contributed by atoms with Gasteiger partial charge in [0.2, 0.25) is 5.91 Å². The largest absolute Gasteiger partial charge is 0.324 e. The number of nitrogens with zero attached hydrogens (tertiary/aromatic N) is 1. The van der Waals surface area contributed by atoms with E-state index in [0.717, 1.165) is 5.56 Å². The predicted molar refractivity (Wildman–Crippen MR) is 72.6 cm³/mol. The predicted octanol–water partition coefficient (Wildman–Crippen LogP) is 1.50. The molecule has 0 spiro atoms. The normalized spacial score (nSPS) is 11.5. The van der Waals surface area contributed by atoms with Crippen molar-refractivity contribution < 1.29 is 9.72 Å². The lowest BCUT2D eigenvalue weighted by atomic mass is 10.1. The first kappa shape index (κ1) is 14.7. The third-order valence-corrected chi connectivity index (χ3v) is 2.67. The van der Waals surface area contributed by atoms with Gasteiger partial charge in [0.1, 0.15) is 0 Å². The van der Waals surface area contributed by atoms with Gasteiger partial charge < -0.3 is 11.1 Å². The second kappa shape index (κ2) is 5.98. The fourth-order valence-electron chi connectivity index (χ4n) is 1.62. The summed E-state index contributed by atoms with van der Waals surface area (Å²) >= 11 is 0. The van der Waals surface area contributed by atoms with Crippen LogP contribution in [0.2, 0.25) is 0 Å². The van der Waals surface area contributed by atoms with Crippen LogP contribution in [0, 0.1) is 36.3 Å². The lowest BCUT2D eigenvalue weighted by molar-refractivity contribution is -0.385. The van der Waals surface area contributed by atoms with Crippen LogP contribution in [0.3, 0.4) is 0 Å². The van der Waals surface area contributed by atoms with Crippen LogP contribution in [0.1, 0.15) is 17.5 Å². The Labute approximate surface area is 111 Å². The zero-order valence-electron chi connectivity index (χ0n) is 10.8. The van der Waals surface area contributed by atoms with Crippen molar-refractivity contribution in [2.45, 2.75) is 26.3 Å². The number of aryl methyl sites for hydroxylation is 2. The highest BCUT2D eigenvalue weighted by molar-refractivity contribution is 5.95. The lowest BCUT2D eigenvalue weighted by Crippen LogP contribution is -2.35. The van der Waals surface area contributed by atoms with Crippen LogP contribution in [0.5, 0.6) is 0 Å². The van der Waals surface area contributed by atoms with Crippen LogP contribution >= 0.6 is 0 Å². The maximum Gasteiger partial charge on any atom is 0.274 e. The molecule has 0 aromatic heterocycles. The Hall–Kier alpha value is -2.39. The van der Waals surface area contributed by atoms with E-state index >= 15 is 0 Å². The highest BCUT2D eigenvalue weighted by Gasteiger charge is 2.17. The van der Waals surface area contributed by atoms with Crippen molar-refractivity contribution in [3.05, 3.63) is 33.4 Å². The fourth-order valence-corrected chi connectivity index (χ4v) is 1.62. The summed E-state index contributed by atoms with van der Waals surface area (Å²) in [5.41, 5.74) is 7.15. The summed E-state index contributed by atoms with van der Waals surface area (Å²) in [6.45, 7) is 3.39. The number of nitrogens with one attached hydrogen (secondary N) is 1. The maximum atomic E-state index is 11.7. The van der Waals surface area contributed by atoms with Gasteiger partial charge in [-0.15, -0.1) is 12.3 Å². The van der Waals surface area contributed by atoms with E-state index in [2.05, 4.69) is 11.2 Å². The number of terminal acetylenes is 1. The summed E-state index contributed by atoms with van der Waals surface area (Å²) < 4.78 is 0. The van der Waals surface area contributed by atoms with Crippen molar-refractivity contribution in [3.8, 4) is 12.3 Å². The topological polar surface area (TPSA) is 98.3 Å². The second-order valence-electron chi connectivity index (χ2n) is 4.21. The first-order valence-electron chi connectivity index (χ1n) is 5.62. The van der Waals surface area contributed by atoms with Crippen molar-refractivity contribution in [2.75, 3.05) is 5.32 Å². The molecular formula is C13H15N3O3. The van der Waals surface area contributed by atoms with Crippen molar-refractivity contribution in [2.24, 2.45) is 5.73 Å². The van der Waals surface area contributed by atoms with Gasteiger partial charge in [-0.2, -0.15) is 0 Å². The molecule has 0 aliphatic heterocycles. The Kier molecular flexibility index (Phi) is 4.62. The van der Waals surface area contributed by atoms with Gasteiger partial charge in [0.15, 0.2) is 0 Å². The molecule has 1 atom stereocenters. The number of nitrogens with two attached hydrogens (primary N) is 1. The molecule has 0 fully saturated rings. The quantitative estimate of drug-likeness (QED) is 0.487. The second-order valence-corrected chi connectivity index (χ2v) is 4.21. The number of hydrogen-bond acceptors (Lipinski definition) is 4. The monoisotopic (exact) mass is 261 g/mol. The minimum Gasteiger partial charge on any atom is -0.324 e. The number of anilines is 1. The van der Waals surface area contributed by atoms with E-state index in [9.17, 15) is 14.9 Å². The fraction of sp³-hybridized carbons (Fsp3) is 0.308. The molecule has 0 heterocycles. The molecule has 0 aliphatic carbocycles. The number of nitro groups is 1. The van der Waals surface area contributed by atoms with E-state index in [1.165, 1.54) is 6.07 Å². The molecular weight excluding hydrogens is 246 g/mol. The molecule has 0 bridgehead atoms. The van der Waals surface area contributed by atoms with E-state index in [0.29, 0.717) is 11.3 Å². The van der Waals surface area contributed by atoms with Crippen LogP contribution in [0.25, 0.3) is 0 Å². The molecule has 1 rings (SSSR count). The van der Waals surface area contributed by atoms with Gasteiger partial charge in [-0.3, -0.25) is 14.9 Å². The van der Waals surface area contributed by atoms with Crippen LogP contribution in [0.15, 0.2) is 12.1 Å². The van der Waals surface area contributed by atoms with Crippen molar-refractivity contribution >= 4 is 17.3 Å². The zero-order chi connectivity index (χ0) is 14.6. The van der Waals surface area contributed by atoms with E-state index in [4.69, 9.17) is 12.2 Å². The van der Waals surface area contributed by atoms with Crippen LogP contribution in [0.4, 0.5) is 11.4 Å². The van der Waals surface area contributed by atoms with Crippen molar-refractivity contribution in [3.63, 3.8) is 0 Å². The molecule has 1 amide bonds. The van der Waals surface area contributed by atoms with E-state index in [1.807, 2.05) is 0 Å². The highest BCUT2D eigenvalue weighted by atomic mass is 16.6. The summed E-state index contributed by atoms with van der Waals surface area (Å²) in [6.07, 6.45) is 5.18. The summed E-state index contributed by atoms with van der Waals surface area (Å²) in [6, 6.07) is 2.13. The molecule has 3 N–H and O–H groups in total. The lowest BCUT2D eigenvalue weighted by Gasteiger charge is -2.12. The Bertz CT molecular complexity index is 561. The van der Waals surface area contributed by atoms with Gasteiger partial charge in [-0.1, -0.05) is 0 Å². The standard InChI is InChI=1S/C13H15N3O3/c1-4-5-10(14)13(17)15-11-7-12(16(18)19)9(3)6-8(11)2/h1,6-7,10H,5,14H2,2-3H3,(H,15,17). The SMILES string of the molecule is C#CCC(N)C(=O)Nc1cc([N+](=O)[O-])c(C)cc1C. The van der Waals surface area contributed by atoms with E-state index in [-0.39, 0.29) is 12.1 Å². The van der Waals surface area contributed by atoms with Crippen LogP contribution < -0.4 is 11.1 Å². The number of amides is 1. The minimum absolute atomic E-state index is 0.0496. The van der Waals surface area contributed by atoms with Gasteiger partial charge >= 0.3 is 0 Å². The highest BCUT2D eigenvalue weighted by Crippen LogP contribution is 2.26. The van der Waals surface area contributed by atoms with Crippen molar-refractivity contribution in [1.82, 2.24) is 0 Å². The van der Waals surface area contributed by atoms with Gasteiger partial charge in [0.05, 0.1) is 16.7 Å². The summed E-state index contributed by atoms with van der Waals surface area (Å²) in [5.74, 6) is 1.83. The molecule has 1 unspecified atom stereocenters. The van der Waals surface area contributed by atoms with Gasteiger partial charge in [0, 0.05) is 18.1 Å². The molecule has 19 heavy (non-hydrogen) atoms. The Morgan fingerprint density at radius 3 is 2.68 bits per heavy atom. The number of nitro benzene ring substituents is 1. The maximum absolute atomic E-state index is 11.7. The first-order chi connectivity index (χ1) is 8.86. The van der Waals surface area contributed by atoms with E-state index < -0.39 is 16.9 Å². The summed E-state index contributed by atoms with van der Waals surface area (Å²) in [7, 11) is 0. The average molecular weight is 261 g/mol. The Morgan fingerprint density at radius 2 is 2.16 bits per heavy atom. The molecule has 0 radical (unpaired) electrons. The van der Waals surface area contributed by atoms with Crippen LogP contribution in [-0.4, -0.2) is 16.9 Å². The number of rotatable bonds is 4. The van der Waals surface area contributed by atoms with Gasteiger partial charge in [0.25, 0.3) is 5.69 Å². The minimum atomic E-state index is -0.829. The smallest absolute Gasteiger partial charge is 0.274 e. The van der Waals surface area contributed by atoms with E-state index in [1.54, 1.807) is 19.9 Å². The van der Waals surface area contributed by atoms with Gasteiger partial charge in [-0.25, -0.2) is 0 Å². The van der Waals surface area contributed by atoms with Crippen LogP contribution in [-0.2, 0) is 4.79 Å². The third-order valence-electron chi connectivity index (χ3n) is 2.67. The Morgan fingerprint density at radius 1 is 1.53 bits per heavy atom. The molecule has 6 nitrogen and oxygen atoms in total. The molecule has 1 aromatic rings. The molecule has 0 saturated heterocycles. The number of carbonyl (C=O) groups is 1. The molecule has 100 valence electrons. The third kappa shape index (κ3) is 3.53. The number of hydrogen-bond donors (Lipinski definition) is 2.